The lowest BCUT2D eigenvalue weighted by Gasteiger charge is -2.19. The number of ether oxygens (including phenoxy) is 1. The van der Waals surface area contributed by atoms with Crippen LogP contribution >= 0.6 is 0 Å². The first-order valence-corrected chi connectivity index (χ1v) is 5.88. The van der Waals surface area contributed by atoms with Gasteiger partial charge in [-0.15, -0.1) is 0 Å². The van der Waals surface area contributed by atoms with E-state index in [9.17, 15) is 5.11 Å². The van der Waals surface area contributed by atoms with Crippen molar-refractivity contribution in [3.63, 3.8) is 0 Å². The van der Waals surface area contributed by atoms with E-state index >= 15 is 0 Å². The molecule has 1 heterocycles. The third-order valence-corrected chi connectivity index (χ3v) is 2.99. The maximum Gasteiger partial charge on any atom is 0.0690 e. The topological polar surface area (TPSA) is 41.5 Å². The van der Waals surface area contributed by atoms with Gasteiger partial charge in [0.05, 0.1) is 19.3 Å². The van der Waals surface area contributed by atoms with Crippen molar-refractivity contribution in [2.45, 2.75) is 32.8 Å². The van der Waals surface area contributed by atoms with E-state index in [4.69, 9.17) is 4.74 Å². The molecule has 1 aliphatic rings. The molecule has 0 fully saturated rings. The Balaban J connectivity index is 2.12. The molecule has 0 spiro atoms. The largest absolute Gasteiger partial charge is 0.392 e. The molecule has 0 aromatic carbocycles. The molecular formula is C12H23NO2. The lowest BCUT2D eigenvalue weighted by Crippen LogP contribution is -2.33. The number of aliphatic hydroxyl groups excluding tert-OH is 1. The Labute approximate surface area is 92.5 Å². The van der Waals surface area contributed by atoms with Crippen molar-refractivity contribution in [1.29, 1.82) is 0 Å². The minimum Gasteiger partial charge on any atom is -0.392 e. The Kier molecular flexibility index (Phi) is 5.91. The first-order valence-electron chi connectivity index (χ1n) is 5.88. The van der Waals surface area contributed by atoms with Crippen LogP contribution in [0.2, 0.25) is 0 Å². The highest BCUT2D eigenvalue weighted by molar-refractivity contribution is 5.06. The fraction of sp³-hybridized carbons (Fsp3) is 0.833. The first kappa shape index (κ1) is 12.7. The summed E-state index contributed by atoms with van der Waals surface area (Å²) >= 11 is 0. The summed E-state index contributed by atoms with van der Waals surface area (Å²) in [5.41, 5.74) is 1.30. The smallest absolute Gasteiger partial charge is 0.0690 e. The van der Waals surface area contributed by atoms with Crippen molar-refractivity contribution >= 4 is 0 Å². The maximum absolute atomic E-state index is 9.73. The maximum atomic E-state index is 9.73. The van der Waals surface area contributed by atoms with E-state index in [0.717, 1.165) is 32.6 Å². The number of aliphatic hydroxyl groups is 1. The number of nitrogens with one attached hydrogen (secondary N) is 1. The third kappa shape index (κ3) is 4.78. The summed E-state index contributed by atoms with van der Waals surface area (Å²) in [4.78, 5) is 0. The van der Waals surface area contributed by atoms with Crippen LogP contribution < -0.4 is 5.32 Å². The van der Waals surface area contributed by atoms with Crippen LogP contribution in [0.5, 0.6) is 0 Å². The number of rotatable bonds is 6. The number of hydrogen-bond acceptors (Lipinski definition) is 3. The molecule has 0 aromatic rings. The van der Waals surface area contributed by atoms with Gasteiger partial charge in [-0.25, -0.2) is 0 Å². The van der Waals surface area contributed by atoms with Gasteiger partial charge in [0, 0.05) is 13.1 Å². The predicted molar refractivity (Wildman–Crippen MR) is 61.9 cm³/mol. The Morgan fingerprint density at radius 1 is 1.60 bits per heavy atom. The molecule has 0 saturated heterocycles. The van der Waals surface area contributed by atoms with E-state index in [1.807, 2.05) is 0 Å². The fourth-order valence-electron chi connectivity index (χ4n) is 1.59. The molecule has 0 radical (unpaired) electrons. The first-order chi connectivity index (χ1) is 7.24. The molecule has 0 aliphatic carbocycles. The molecule has 1 aliphatic heterocycles. The van der Waals surface area contributed by atoms with Crippen molar-refractivity contribution < 1.29 is 9.84 Å². The SMILES string of the molecule is CCC(C)C(O)CNCC1=CCCOC1. The predicted octanol–water partition coefficient (Wildman–Crippen LogP) is 1.33. The Morgan fingerprint density at radius 3 is 3.00 bits per heavy atom. The van der Waals surface area contributed by atoms with Crippen LogP contribution in [0.25, 0.3) is 0 Å². The van der Waals surface area contributed by atoms with Crippen LogP contribution in [0.3, 0.4) is 0 Å². The Morgan fingerprint density at radius 2 is 2.40 bits per heavy atom. The normalized spacial score (nSPS) is 20.9. The summed E-state index contributed by atoms with van der Waals surface area (Å²) in [7, 11) is 0. The van der Waals surface area contributed by atoms with Gasteiger partial charge < -0.3 is 15.2 Å². The Hall–Kier alpha value is -0.380. The van der Waals surface area contributed by atoms with E-state index in [1.54, 1.807) is 0 Å². The average molecular weight is 213 g/mol. The second-order valence-corrected chi connectivity index (χ2v) is 4.29. The van der Waals surface area contributed by atoms with Crippen molar-refractivity contribution in [2.24, 2.45) is 5.92 Å². The van der Waals surface area contributed by atoms with Crippen molar-refractivity contribution in [3.8, 4) is 0 Å². The van der Waals surface area contributed by atoms with Gasteiger partial charge in [-0.1, -0.05) is 26.3 Å². The quantitative estimate of drug-likeness (QED) is 0.654. The molecule has 0 saturated carbocycles. The lowest BCUT2D eigenvalue weighted by molar-refractivity contribution is 0.112. The van der Waals surface area contributed by atoms with E-state index in [0.29, 0.717) is 12.5 Å². The van der Waals surface area contributed by atoms with Gasteiger partial charge in [-0.2, -0.15) is 0 Å². The molecule has 0 bridgehead atoms. The van der Waals surface area contributed by atoms with Crippen LogP contribution in [0.15, 0.2) is 11.6 Å². The highest BCUT2D eigenvalue weighted by Crippen LogP contribution is 2.07. The van der Waals surface area contributed by atoms with Gasteiger partial charge in [-0.3, -0.25) is 0 Å². The molecule has 3 heteroatoms. The van der Waals surface area contributed by atoms with Gasteiger partial charge in [0.25, 0.3) is 0 Å². The van der Waals surface area contributed by atoms with Crippen LogP contribution in [-0.4, -0.2) is 37.5 Å². The average Bonchev–Trinajstić information content (AvgIpc) is 2.29. The van der Waals surface area contributed by atoms with Crippen LogP contribution in [0.1, 0.15) is 26.7 Å². The monoisotopic (exact) mass is 213 g/mol. The summed E-state index contributed by atoms with van der Waals surface area (Å²) in [6.45, 7) is 7.28. The van der Waals surface area contributed by atoms with Crippen LogP contribution in [-0.2, 0) is 4.74 Å². The van der Waals surface area contributed by atoms with Gasteiger partial charge in [0.15, 0.2) is 0 Å². The standard InChI is InChI=1S/C12H23NO2/c1-3-10(2)12(14)8-13-7-11-5-4-6-15-9-11/h5,10,12-14H,3-4,6-9H2,1-2H3. The molecule has 88 valence electrons. The van der Waals surface area contributed by atoms with E-state index in [-0.39, 0.29) is 6.10 Å². The second-order valence-electron chi connectivity index (χ2n) is 4.29. The molecule has 3 nitrogen and oxygen atoms in total. The molecule has 2 atom stereocenters. The highest BCUT2D eigenvalue weighted by atomic mass is 16.5. The van der Waals surface area contributed by atoms with Crippen LogP contribution in [0, 0.1) is 5.92 Å². The van der Waals surface area contributed by atoms with E-state index < -0.39 is 0 Å². The minimum absolute atomic E-state index is 0.236. The molecule has 2 unspecified atom stereocenters. The molecular weight excluding hydrogens is 190 g/mol. The summed E-state index contributed by atoms with van der Waals surface area (Å²) in [6, 6.07) is 0. The molecule has 15 heavy (non-hydrogen) atoms. The fourth-order valence-corrected chi connectivity index (χ4v) is 1.59. The molecule has 2 N–H and O–H groups in total. The highest BCUT2D eigenvalue weighted by Gasteiger charge is 2.11. The minimum atomic E-state index is -0.236. The lowest BCUT2D eigenvalue weighted by atomic mass is 10.0. The molecule has 1 rings (SSSR count). The zero-order chi connectivity index (χ0) is 11.1. The van der Waals surface area contributed by atoms with E-state index in [2.05, 4.69) is 25.2 Å². The van der Waals surface area contributed by atoms with Crippen molar-refractivity contribution in [3.05, 3.63) is 11.6 Å². The van der Waals surface area contributed by atoms with Gasteiger partial charge in [0.2, 0.25) is 0 Å². The Bertz CT molecular complexity index is 204. The second kappa shape index (κ2) is 6.99. The van der Waals surface area contributed by atoms with Crippen LogP contribution in [0.4, 0.5) is 0 Å². The molecule has 0 amide bonds. The molecule has 0 aromatic heterocycles. The van der Waals surface area contributed by atoms with Gasteiger partial charge in [-0.05, 0) is 17.9 Å². The number of hydrogen-bond donors (Lipinski definition) is 2. The van der Waals surface area contributed by atoms with E-state index in [1.165, 1.54) is 5.57 Å². The summed E-state index contributed by atoms with van der Waals surface area (Å²) in [5.74, 6) is 0.370. The third-order valence-electron chi connectivity index (χ3n) is 2.99. The zero-order valence-corrected chi connectivity index (χ0v) is 9.83. The zero-order valence-electron chi connectivity index (χ0n) is 9.83. The van der Waals surface area contributed by atoms with Gasteiger partial charge in [0.1, 0.15) is 0 Å². The summed E-state index contributed by atoms with van der Waals surface area (Å²) < 4.78 is 5.34. The summed E-state index contributed by atoms with van der Waals surface area (Å²) in [5, 5.41) is 13.0. The summed E-state index contributed by atoms with van der Waals surface area (Å²) in [6.07, 6.45) is 4.03. The van der Waals surface area contributed by atoms with Crippen molar-refractivity contribution in [2.75, 3.05) is 26.3 Å². The van der Waals surface area contributed by atoms with Gasteiger partial charge >= 0.3 is 0 Å². The van der Waals surface area contributed by atoms with Crippen molar-refractivity contribution in [1.82, 2.24) is 5.32 Å².